The highest BCUT2D eigenvalue weighted by Gasteiger charge is 2.26. The number of rotatable bonds is 4. The molecule has 3 nitrogen and oxygen atoms in total. The number of hydrogen-bond donors (Lipinski definition) is 0. The lowest BCUT2D eigenvalue weighted by Crippen LogP contribution is -2.15. The van der Waals surface area contributed by atoms with Gasteiger partial charge in [-0.05, 0) is 72.4 Å². The Morgan fingerprint density at radius 1 is 1.03 bits per heavy atom. The molecule has 0 aliphatic heterocycles. The van der Waals surface area contributed by atoms with Crippen LogP contribution in [-0.2, 0) is 17.8 Å². The number of hydrogen-bond acceptors (Lipinski definition) is 3. The molecule has 4 aromatic rings. The maximum atomic E-state index is 13.4. The Balaban J connectivity index is 1.56. The molecule has 170 valence electrons. The number of aromatic nitrogens is 1. The quantitative estimate of drug-likeness (QED) is 0.272. The highest BCUT2D eigenvalue weighted by atomic mass is 35.5. The normalized spacial score (nSPS) is 14.3. The van der Waals surface area contributed by atoms with E-state index in [1.54, 1.807) is 30.3 Å². The third kappa shape index (κ3) is 4.56. The molecule has 0 fully saturated rings. The molecule has 6 heteroatoms. The highest BCUT2D eigenvalue weighted by Crippen LogP contribution is 2.36. The van der Waals surface area contributed by atoms with Crippen LogP contribution in [0.25, 0.3) is 22.6 Å². The van der Waals surface area contributed by atoms with Gasteiger partial charge in [-0.15, -0.1) is 0 Å². The molecule has 34 heavy (non-hydrogen) atoms. The number of ether oxygens (including phenoxy) is 1. The van der Waals surface area contributed by atoms with Gasteiger partial charge in [-0.3, -0.25) is 0 Å². The molecule has 0 saturated carbocycles. The Labute approximate surface area is 206 Å². The number of benzene rings is 3. The molecule has 0 N–H and O–H groups in total. The predicted molar refractivity (Wildman–Crippen MR) is 135 cm³/mol. The van der Waals surface area contributed by atoms with Crippen molar-refractivity contribution in [2.45, 2.75) is 25.9 Å². The summed E-state index contributed by atoms with van der Waals surface area (Å²) in [7, 11) is 0. The second-order valence-electron chi connectivity index (χ2n) is 8.22. The van der Waals surface area contributed by atoms with Crippen molar-refractivity contribution in [3.05, 3.63) is 111 Å². The first-order valence-corrected chi connectivity index (χ1v) is 11.7. The number of para-hydroxylation sites is 1. The van der Waals surface area contributed by atoms with Crippen molar-refractivity contribution in [3.63, 3.8) is 0 Å². The molecule has 1 aliphatic carbocycles. The lowest BCUT2D eigenvalue weighted by atomic mass is 9.86. The lowest BCUT2D eigenvalue weighted by Gasteiger charge is -2.22. The van der Waals surface area contributed by atoms with Gasteiger partial charge in [0.05, 0.1) is 16.8 Å². The summed E-state index contributed by atoms with van der Waals surface area (Å²) < 4.78 is 19.1. The van der Waals surface area contributed by atoms with E-state index >= 15 is 0 Å². The van der Waals surface area contributed by atoms with Gasteiger partial charge in [0, 0.05) is 21.0 Å². The zero-order chi connectivity index (χ0) is 23.7. The maximum Gasteiger partial charge on any atom is 0.339 e. The van der Waals surface area contributed by atoms with Crippen LogP contribution in [0.5, 0.6) is 0 Å². The van der Waals surface area contributed by atoms with Crippen molar-refractivity contribution in [2.24, 2.45) is 0 Å². The third-order valence-electron chi connectivity index (χ3n) is 5.96. The van der Waals surface area contributed by atoms with Crippen LogP contribution in [0.1, 0.15) is 45.6 Å². The lowest BCUT2D eigenvalue weighted by molar-refractivity contribution is 0.0473. The highest BCUT2D eigenvalue weighted by molar-refractivity contribution is 6.35. The molecule has 1 aliphatic rings. The maximum absolute atomic E-state index is 13.4. The van der Waals surface area contributed by atoms with Gasteiger partial charge in [0.25, 0.3) is 0 Å². The van der Waals surface area contributed by atoms with Crippen molar-refractivity contribution in [3.8, 4) is 0 Å². The topological polar surface area (TPSA) is 39.2 Å². The van der Waals surface area contributed by atoms with Crippen molar-refractivity contribution in [1.82, 2.24) is 4.98 Å². The predicted octanol–water partition coefficient (Wildman–Crippen LogP) is 7.91. The minimum atomic E-state index is -0.413. The molecular formula is C28H20Cl2FNO2. The largest absolute Gasteiger partial charge is 0.457 e. The Kier molecular flexibility index (Phi) is 6.36. The van der Waals surface area contributed by atoms with Crippen molar-refractivity contribution in [1.29, 1.82) is 0 Å². The van der Waals surface area contributed by atoms with Crippen LogP contribution in [0, 0.1) is 5.82 Å². The number of allylic oxidation sites excluding steroid dienone is 1. The standard InChI is InChI=1S/C28H20Cl2FNO2/c29-20-11-10-19(24(30)15-20)16-34-28(33)26-22-5-1-2-7-25(22)32-27-18(4-3-6-23(26)27)14-17-8-12-21(31)13-9-17/h1-2,5,7-15H,3-4,6,16H2. The van der Waals surface area contributed by atoms with Gasteiger partial charge in [0.15, 0.2) is 0 Å². The summed E-state index contributed by atoms with van der Waals surface area (Å²) in [5.74, 6) is -0.690. The molecule has 0 spiro atoms. The molecule has 3 aromatic carbocycles. The van der Waals surface area contributed by atoms with E-state index in [1.165, 1.54) is 12.1 Å². The van der Waals surface area contributed by atoms with E-state index in [4.69, 9.17) is 32.9 Å². The van der Waals surface area contributed by atoms with Crippen LogP contribution in [0.15, 0.2) is 66.7 Å². The smallest absolute Gasteiger partial charge is 0.339 e. The number of nitrogens with zero attached hydrogens (tertiary/aromatic N) is 1. The van der Waals surface area contributed by atoms with Crippen LogP contribution in [0.2, 0.25) is 10.0 Å². The minimum Gasteiger partial charge on any atom is -0.457 e. The van der Waals surface area contributed by atoms with Crippen LogP contribution in [-0.4, -0.2) is 11.0 Å². The summed E-state index contributed by atoms with van der Waals surface area (Å²) in [5, 5.41) is 1.73. The summed E-state index contributed by atoms with van der Waals surface area (Å²) in [6.45, 7) is 0.0402. The SMILES string of the molecule is O=C(OCc1ccc(Cl)cc1Cl)c1c2c(nc3ccccc13)C(=Cc1ccc(F)cc1)CCC2. The molecule has 1 aromatic heterocycles. The van der Waals surface area contributed by atoms with E-state index in [9.17, 15) is 9.18 Å². The molecule has 0 amide bonds. The van der Waals surface area contributed by atoms with Gasteiger partial charge >= 0.3 is 5.97 Å². The van der Waals surface area contributed by atoms with Gasteiger partial charge in [-0.1, -0.05) is 59.6 Å². The average molecular weight is 492 g/mol. The number of pyridine rings is 1. The molecule has 0 unspecified atom stereocenters. The summed E-state index contributed by atoms with van der Waals surface area (Å²) in [6, 6.07) is 19.0. The van der Waals surface area contributed by atoms with Gasteiger partial charge < -0.3 is 4.74 Å². The summed E-state index contributed by atoms with van der Waals surface area (Å²) in [6.07, 6.45) is 4.44. The van der Waals surface area contributed by atoms with Crippen LogP contribution in [0.3, 0.4) is 0 Å². The molecule has 1 heterocycles. The van der Waals surface area contributed by atoms with Crippen LogP contribution in [0.4, 0.5) is 4.39 Å². The van der Waals surface area contributed by atoms with E-state index in [0.29, 0.717) is 21.2 Å². The third-order valence-corrected chi connectivity index (χ3v) is 6.55. The van der Waals surface area contributed by atoms with E-state index < -0.39 is 5.97 Å². The first-order chi connectivity index (χ1) is 16.5. The fourth-order valence-corrected chi connectivity index (χ4v) is 4.79. The van der Waals surface area contributed by atoms with Crippen molar-refractivity contribution >= 4 is 51.7 Å². The molecule has 0 atom stereocenters. The zero-order valence-electron chi connectivity index (χ0n) is 18.2. The molecule has 5 rings (SSSR count). The summed E-state index contributed by atoms with van der Waals surface area (Å²) in [5.41, 5.74) is 5.54. The number of carbonyl (C=O) groups is 1. The van der Waals surface area contributed by atoms with E-state index in [-0.39, 0.29) is 12.4 Å². The second-order valence-corrected chi connectivity index (χ2v) is 9.06. The Morgan fingerprint density at radius 2 is 1.82 bits per heavy atom. The molecule has 0 bridgehead atoms. The van der Waals surface area contributed by atoms with Gasteiger partial charge in [-0.25, -0.2) is 14.2 Å². The number of carbonyl (C=O) groups excluding carboxylic acids is 1. The fraction of sp³-hybridized carbons (Fsp3) is 0.143. The molecule has 0 saturated heterocycles. The van der Waals surface area contributed by atoms with Crippen LogP contribution >= 0.6 is 23.2 Å². The second kappa shape index (κ2) is 9.57. The Morgan fingerprint density at radius 3 is 2.62 bits per heavy atom. The molecular weight excluding hydrogens is 472 g/mol. The Bertz CT molecular complexity index is 1430. The zero-order valence-corrected chi connectivity index (χ0v) is 19.7. The Hall–Kier alpha value is -3.21. The van der Waals surface area contributed by atoms with E-state index in [1.807, 2.05) is 30.3 Å². The minimum absolute atomic E-state index is 0.0402. The number of halogens is 3. The number of fused-ring (bicyclic) bond motifs is 2. The van der Waals surface area contributed by atoms with Crippen molar-refractivity contribution < 1.29 is 13.9 Å². The average Bonchev–Trinajstić information content (AvgIpc) is 2.83. The fourth-order valence-electron chi connectivity index (χ4n) is 4.32. The summed E-state index contributed by atoms with van der Waals surface area (Å²) in [4.78, 5) is 18.3. The van der Waals surface area contributed by atoms with Gasteiger partial charge in [0.2, 0.25) is 0 Å². The first-order valence-electron chi connectivity index (χ1n) is 11.0. The van der Waals surface area contributed by atoms with Gasteiger partial charge in [-0.2, -0.15) is 0 Å². The van der Waals surface area contributed by atoms with Crippen molar-refractivity contribution in [2.75, 3.05) is 0 Å². The van der Waals surface area contributed by atoms with Crippen LogP contribution < -0.4 is 0 Å². The summed E-state index contributed by atoms with van der Waals surface area (Å²) >= 11 is 12.2. The monoisotopic (exact) mass is 491 g/mol. The van der Waals surface area contributed by atoms with Gasteiger partial charge in [0.1, 0.15) is 12.4 Å². The first kappa shape index (κ1) is 22.6. The number of esters is 1. The van der Waals surface area contributed by atoms with E-state index in [0.717, 1.165) is 52.6 Å². The van der Waals surface area contributed by atoms with E-state index in [2.05, 4.69) is 0 Å². The molecule has 0 radical (unpaired) electrons.